The smallest absolute Gasteiger partial charge is 0.147 e. The summed E-state index contributed by atoms with van der Waals surface area (Å²) in [4.78, 5) is 3.55. The van der Waals surface area contributed by atoms with Gasteiger partial charge in [0.1, 0.15) is 23.3 Å². The van der Waals surface area contributed by atoms with E-state index in [1.807, 2.05) is 39.5 Å². The van der Waals surface area contributed by atoms with Gasteiger partial charge >= 0.3 is 0 Å². The fraction of sp³-hybridized carbons (Fsp3) is 0.0417. The van der Waals surface area contributed by atoms with Crippen LogP contribution in [0.3, 0.4) is 0 Å². The Morgan fingerprint density at radius 3 is 1.42 bits per heavy atom. The number of nitrogens with zero attached hydrogens (tertiary/aromatic N) is 2. The Balaban J connectivity index is 1.05. The Morgan fingerprint density at radius 2 is 0.873 bits per heavy atom. The Kier molecular flexibility index (Phi) is 6.80. The van der Waals surface area contributed by atoms with Gasteiger partial charge in [-0.2, -0.15) is 0 Å². The van der Waals surface area contributed by atoms with Gasteiger partial charge in [0.25, 0.3) is 0 Å². The molecule has 0 saturated heterocycles. The molecule has 0 atom stereocenters. The lowest BCUT2D eigenvalue weighted by molar-refractivity contribution is 0.621. The average Bonchev–Trinajstić information content (AvgIpc) is 3.84. The van der Waals surface area contributed by atoms with Gasteiger partial charge in [-0.25, -0.2) is 17.6 Å². The molecule has 0 bridgehead atoms. The molecule has 1 N–H and O–H groups in total. The third-order valence-electron chi connectivity index (χ3n) is 11.1. The Labute approximate surface area is 311 Å². The number of fused-ring (bicyclic) bond motifs is 9. The van der Waals surface area contributed by atoms with Gasteiger partial charge in [0.15, 0.2) is 0 Å². The van der Waals surface area contributed by atoms with Crippen LogP contribution in [0.5, 0.6) is 0 Å². The van der Waals surface area contributed by atoms with Crippen LogP contribution in [0.15, 0.2) is 151 Å². The molecule has 0 spiro atoms. The normalized spacial score (nSPS) is 13.5. The van der Waals surface area contributed by atoms with Crippen LogP contribution in [-0.4, -0.2) is 14.1 Å². The van der Waals surface area contributed by atoms with Gasteiger partial charge in [0.05, 0.1) is 33.5 Å². The second-order valence-corrected chi connectivity index (χ2v) is 14.3. The highest BCUT2D eigenvalue weighted by Gasteiger charge is 2.20. The molecular formula is C48H29F4N3. The van der Waals surface area contributed by atoms with Crippen LogP contribution < -0.4 is 0 Å². The summed E-state index contributed by atoms with van der Waals surface area (Å²) in [7, 11) is 0. The number of para-hydroxylation sites is 1. The van der Waals surface area contributed by atoms with E-state index < -0.39 is 0 Å². The van der Waals surface area contributed by atoms with E-state index in [1.54, 1.807) is 36.4 Å². The van der Waals surface area contributed by atoms with Gasteiger partial charge in [0.2, 0.25) is 0 Å². The van der Waals surface area contributed by atoms with Gasteiger partial charge in [-0.05, 0) is 138 Å². The summed E-state index contributed by atoms with van der Waals surface area (Å²) >= 11 is 0. The van der Waals surface area contributed by atoms with Crippen LogP contribution in [0.2, 0.25) is 0 Å². The summed E-state index contributed by atoms with van der Waals surface area (Å²) in [6.45, 7) is 0. The number of nitrogens with one attached hydrogen (secondary N) is 1. The SMILES string of the molecule is FC1=CCCC=C1n1c2ccc(F)cc2c2cc(-c3ccc4[nH]c5ccc(-c6ccc7c(c6)c6cc(F)ccc6n7-c6ccccc6F)cc5c4c3)ccc21. The summed E-state index contributed by atoms with van der Waals surface area (Å²) in [6, 6.07) is 40.7. The zero-order valence-corrected chi connectivity index (χ0v) is 29.2. The molecule has 11 rings (SSSR count). The number of aromatic amines is 1. The lowest BCUT2D eigenvalue weighted by Crippen LogP contribution is -2.00. The monoisotopic (exact) mass is 723 g/mol. The number of benzene rings is 7. The van der Waals surface area contributed by atoms with Gasteiger partial charge in [0, 0.05) is 43.4 Å². The van der Waals surface area contributed by atoms with E-state index in [0.717, 1.165) is 88.7 Å². The molecule has 3 heterocycles. The standard InChI is InChI=1S/C48H29F4N3/c49-31-13-19-45-37(25-31)35-23-29(11-17-43(35)54(45)47-7-3-1-5-39(47)51)27-9-15-41-33(21-27)34-22-28(10-16-42(34)53-41)30-12-18-44-36(24-30)38-26-32(50)14-20-46(38)55(44)48-8-4-2-6-40(48)52/h1,3,5-26,53H,2,4H2. The molecule has 0 saturated carbocycles. The first-order chi connectivity index (χ1) is 26.9. The quantitative estimate of drug-likeness (QED) is 0.175. The van der Waals surface area contributed by atoms with Crippen molar-refractivity contribution in [3.63, 3.8) is 0 Å². The van der Waals surface area contributed by atoms with Gasteiger partial charge in [-0.3, -0.25) is 0 Å². The molecule has 264 valence electrons. The predicted molar refractivity (Wildman–Crippen MR) is 217 cm³/mol. The lowest BCUT2D eigenvalue weighted by Gasteiger charge is -2.14. The highest BCUT2D eigenvalue weighted by Crippen LogP contribution is 2.41. The Bertz CT molecular complexity index is 3320. The maximum absolute atomic E-state index is 15.2. The predicted octanol–water partition coefficient (Wildman–Crippen LogP) is 13.8. The molecule has 7 aromatic carbocycles. The maximum atomic E-state index is 15.2. The highest BCUT2D eigenvalue weighted by atomic mass is 19.1. The Hall–Kier alpha value is -6.86. The second-order valence-electron chi connectivity index (χ2n) is 14.3. The first-order valence-corrected chi connectivity index (χ1v) is 18.2. The number of hydrogen-bond donors (Lipinski definition) is 1. The molecule has 55 heavy (non-hydrogen) atoms. The number of allylic oxidation sites excluding steroid dienone is 4. The summed E-state index contributed by atoms with van der Waals surface area (Å²) in [5.74, 6) is -1.33. The minimum absolute atomic E-state index is 0.272. The number of H-pyrrole nitrogens is 1. The minimum Gasteiger partial charge on any atom is -0.355 e. The van der Waals surface area contributed by atoms with Gasteiger partial charge in [-0.1, -0.05) is 42.5 Å². The summed E-state index contributed by atoms with van der Waals surface area (Å²) in [6.07, 6.45) is 4.91. The van der Waals surface area contributed by atoms with E-state index in [-0.39, 0.29) is 23.3 Å². The largest absolute Gasteiger partial charge is 0.355 e. The molecule has 10 aromatic rings. The second kappa shape index (κ2) is 11.8. The summed E-state index contributed by atoms with van der Waals surface area (Å²) in [5, 5.41) is 5.19. The topological polar surface area (TPSA) is 25.6 Å². The molecule has 3 nitrogen and oxygen atoms in total. The highest BCUT2D eigenvalue weighted by molar-refractivity contribution is 6.14. The zero-order valence-electron chi connectivity index (χ0n) is 29.2. The number of rotatable bonds is 4. The molecule has 0 unspecified atom stereocenters. The third-order valence-corrected chi connectivity index (χ3v) is 11.1. The van der Waals surface area contributed by atoms with Crippen LogP contribution in [0.25, 0.3) is 99.1 Å². The van der Waals surface area contributed by atoms with Gasteiger partial charge in [-0.15, -0.1) is 0 Å². The van der Waals surface area contributed by atoms with Crippen molar-refractivity contribution >= 4 is 71.1 Å². The Morgan fingerprint density at radius 1 is 0.418 bits per heavy atom. The van der Waals surface area contributed by atoms with Crippen molar-refractivity contribution in [3.05, 3.63) is 169 Å². The molecule has 3 aromatic heterocycles. The number of aromatic nitrogens is 3. The molecule has 0 fully saturated rings. The zero-order chi connectivity index (χ0) is 36.9. The number of halogens is 4. The molecule has 1 aliphatic rings. The van der Waals surface area contributed by atoms with Crippen LogP contribution in [-0.2, 0) is 0 Å². The first kappa shape index (κ1) is 31.6. The average molecular weight is 724 g/mol. The third kappa shape index (κ3) is 4.82. The van der Waals surface area contributed by atoms with E-state index >= 15 is 8.78 Å². The fourth-order valence-electron chi connectivity index (χ4n) is 8.59. The van der Waals surface area contributed by atoms with Crippen LogP contribution in [0, 0.1) is 17.5 Å². The minimum atomic E-state index is -0.357. The van der Waals surface area contributed by atoms with Crippen LogP contribution >= 0.6 is 0 Å². The fourth-order valence-corrected chi connectivity index (χ4v) is 8.59. The molecule has 7 heteroatoms. The lowest BCUT2D eigenvalue weighted by atomic mass is 9.98. The molecular weight excluding hydrogens is 695 g/mol. The van der Waals surface area contributed by atoms with Crippen molar-refractivity contribution < 1.29 is 17.6 Å². The van der Waals surface area contributed by atoms with E-state index in [2.05, 4.69) is 53.5 Å². The first-order valence-electron chi connectivity index (χ1n) is 18.2. The van der Waals surface area contributed by atoms with Crippen molar-refractivity contribution in [2.75, 3.05) is 0 Å². The van der Waals surface area contributed by atoms with Crippen LogP contribution in [0.4, 0.5) is 17.6 Å². The molecule has 0 amide bonds. The molecule has 0 radical (unpaired) electrons. The van der Waals surface area contributed by atoms with E-state index in [1.165, 1.54) is 30.3 Å². The summed E-state index contributed by atoms with van der Waals surface area (Å²) < 4.78 is 63.3. The van der Waals surface area contributed by atoms with Crippen molar-refractivity contribution in [1.82, 2.24) is 14.1 Å². The van der Waals surface area contributed by atoms with Gasteiger partial charge < -0.3 is 14.1 Å². The number of hydrogen-bond acceptors (Lipinski definition) is 0. The van der Waals surface area contributed by atoms with Crippen molar-refractivity contribution in [2.45, 2.75) is 12.8 Å². The maximum Gasteiger partial charge on any atom is 0.147 e. The van der Waals surface area contributed by atoms with E-state index in [0.29, 0.717) is 23.2 Å². The van der Waals surface area contributed by atoms with E-state index in [4.69, 9.17) is 0 Å². The summed E-state index contributed by atoms with van der Waals surface area (Å²) in [5.41, 5.74) is 9.83. The van der Waals surface area contributed by atoms with Crippen LogP contribution in [0.1, 0.15) is 12.8 Å². The van der Waals surface area contributed by atoms with Crippen molar-refractivity contribution in [1.29, 1.82) is 0 Å². The van der Waals surface area contributed by atoms with Crippen molar-refractivity contribution in [2.24, 2.45) is 0 Å². The van der Waals surface area contributed by atoms with E-state index in [9.17, 15) is 8.78 Å². The molecule has 0 aliphatic heterocycles. The molecule has 1 aliphatic carbocycles. The van der Waals surface area contributed by atoms with Crippen molar-refractivity contribution in [3.8, 4) is 27.9 Å².